The average molecular weight is 412 g/mol. The summed E-state index contributed by atoms with van der Waals surface area (Å²) in [6.45, 7) is 6.27. The van der Waals surface area contributed by atoms with Gasteiger partial charge < -0.3 is 20.3 Å². The number of para-hydroxylation sites is 1. The minimum absolute atomic E-state index is 0.0505. The summed E-state index contributed by atoms with van der Waals surface area (Å²) >= 11 is 5.40. The van der Waals surface area contributed by atoms with E-state index < -0.39 is 0 Å². The summed E-state index contributed by atoms with van der Waals surface area (Å²) in [7, 11) is 0. The zero-order valence-electron chi connectivity index (χ0n) is 17.1. The zero-order valence-corrected chi connectivity index (χ0v) is 17.9. The molecule has 1 fully saturated rings. The number of thiocarbonyl (C=S) groups is 1. The molecule has 0 spiro atoms. The van der Waals surface area contributed by atoms with Crippen molar-refractivity contribution in [3.63, 3.8) is 0 Å². The molecule has 6 heteroatoms. The zero-order chi connectivity index (χ0) is 20.6. The van der Waals surface area contributed by atoms with E-state index in [1.807, 2.05) is 67.3 Å². The number of carbonyl (C=O) groups excluding carboxylic acids is 1. The molecular weight excluding hydrogens is 382 g/mol. The highest BCUT2D eigenvalue weighted by molar-refractivity contribution is 7.80. The van der Waals surface area contributed by atoms with Crippen molar-refractivity contribution < 1.29 is 9.53 Å². The van der Waals surface area contributed by atoms with Gasteiger partial charge in [0.2, 0.25) is 0 Å². The number of piperidine rings is 1. The van der Waals surface area contributed by atoms with E-state index in [1.54, 1.807) is 0 Å². The highest BCUT2D eigenvalue weighted by Crippen LogP contribution is 2.17. The van der Waals surface area contributed by atoms with Gasteiger partial charge in [-0.1, -0.05) is 18.2 Å². The molecule has 0 aromatic heterocycles. The largest absolute Gasteiger partial charge is 0.491 e. The fourth-order valence-electron chi connectivity index (χ4n) is 3.34. The number of ether oxygens (including phenoxy) is 1. The first kappa shape index (κ1) is 21.1. The number of nitrogens with zero attached hydrogens (tertiary/aromatic N) is 1. The van der Waals surface area contributed by atoms with Crippen LogP contribution in [0.2, 0.25) is 0 Å². The minimum Gasteiger partial charge on any atom is -0.491 e. The Labute approximate surface area is 178 Å². The van der Waals surface area contributed by atoms with Crippen LogP contribution in [0.5, 0.6) is 5.75 Å². The molecular formula is C23H29N3O2S. The molecule has 29 heavy (non-hydrogen) atoms. The monoisotopic (exact) mass is 411 g/mol. The van der Waals surface area contributed by atoms with Gasteiger partial charge in [0.1, 0.15) is 12.4 Å². The van der Waals surface area contributed by atoms with Gasteiger partial charge in [0, 0.05) is 24.3 Å². The van der Waals surface area contributed by atoms with Gasteiger partial charge in [-0.3, -0.25) is 4.79 Å². The van der Waals surface area contributed by atoms with Crippen molar-refractivity contribution in [2.75, 3.05) is 25.0 Å². The summed E-state index contributed by atoms with van der Waals surface area (Å²) in [6, 6.07) is 15.5. The number of hydrogen-bond donors (Lipinski definition) is 2. The standard InChI is InChI=1S/C23H29N3O2S/c1-17-8-4-5-9-21(17)28-16-18(2)24-23(29)25-20-12-10-19(11-13-20)22(27)26-14-6-3-7-15-26/h4-5,8-13,18H,3,6-7,14-16H2,1-2H3,(H2,24,25,29). The highest BCUT2D eigenvalue weighted by atomic mass is 32.1. The lowest BCUT2D eigenvalue weighted by molar-refractivity contribution is 0.0724. The van der Waals surface area contributed by atoms with Gasteiger partial charge in [0.15, 0.2) is 5.11 Å². The fourth-order valence-corrected chi connectivity index (χ4v) is 3.66. The molecule has 0 radical (unpaired) electrons. The maximum absolute atomic E-state index is 12.5. The van der Waals surface area contributed by atoms with Crippen LogP contribution in [0.3, 0.4) is 0 Å². The van der Waals surface area contributed by atoms with Crippen molar-refractivity contribution in [2.45, 2.75) is 39.2 Å². The third-order valence-corrected chi connectivity index (χ3v) is 5.21. The molecule has 1 saturated heterocycles. The van der Waals surface area contributed by atoms with Gasteiger partial charge in [0.05, 0.1) is 6.04 Å². The van der Waals surface area contributed by atoms with Crippen LogP contribution in [0.25, 0.3) is 0 Å². The van der Waals surface area contributed by atoms with Crippen LogP contribution < -0.4 is 15.4 Å². The molecule has 1 unspecified atom stereocenters. The second-order valence-electron chi connectivity index (χ2n) is 7.51. The van der Waals surface area contributed by atoms with Crippen LogP contribution in [0.1, 0.15) is 42.1 Å². The number of hydrogen-bond acceptors (Lipinski definition) is 3. The smallest absolute Gasteiger partial charge is 0.253 e. The van der Waals surface area contributed by atoms with Crippen molar-refractivity contribution in [3.8, 4) is 5.75 Å². The molecule has 2 N–H and O–H groups in total. The number of rotatable bonds is 6. The van der Waals surface area contributed by atoms with Crippen molar-refractivity contribution >= 4 is 28.9 Å². The second-order valence-corrected chi connectivity index (χ2v) is 7.91. The van der Waals surface area contributed by atoms with E-state index in [1.165, 1.54) is 6.42 Å². The molecule has 3 rings (SSSR count). The van der Waals surface area contributed by atoms with Crippen molar-refractivity contribution in [1.29, 1.82) is 0 Å². The number of aryl methyl sites for hydroxylation is 1. The van der Waals surface area contributed by atoms with Crippen LogP contribution >= 0.6 is 12.2 Å². The molecule has 2 aromatic carbocycles. The van der Waals surface area contributed by atoms with E-state index in [9.17, 15) is 4.79 Å². The van der Waals surface area contributed by atoms with E-state index in [2.05, 4.69) is 10.6 Å². The van der Waals surface area contributed by atoms with Gasteiger partial charge in [-0.15, -0.1) is 0 Å². The van der Waals surface area contributed by atoms with Crippen LogP contribution in [-0.2, 0) is 0 Å². The van der Waals surface area contributed by atoms with E-state index >= 15 is 0 Å². The summed E-state index contributed by atoms with van der Waals surface area (Å²) < 4.78 is 5.86. The molecule has 1 aliphatic heterocycles. The Hall–Kier alpha value is -2.60. The van der Waals surface area contributed by atoms with E-state index in [0.717, 1.165) is 48.5 Å². The van der Waals surface area contributed by atoms with E-state index in [4.69, 9.17) is 17.0 Å². The average Bonchev–Trinajstić information content (AvgIpc) is 2.74. The molecule has 2 aromatic rings. The number of benzene rings is 2. The van der Waals surface area contributed by atoms with Gasteiger partial charge in [-0.05, 0) is 81.2 Å². The number of anilines is 1. The first-order valence-corrected chi connectivity index (χ1v) is 10.6. The summed E-state index contributed by atoms with van der Waals surface area (Å²) in [5.41, 5.74) is 2.68. The van der Waals surface area contributed by atoms with Crippen molar-refractivity contribution in [2.24, 2.45) is 0 Å². The Balaban J connectivity index is 1.46. The van der Waals surface area contributed by atoms with Crippen LogP contribution in [0.15, 0.2) is 48.5 Å². The van der Waals surface area contributed by atoms with Crippen molar-refractivity contribution in [1.82, 2.24) is 10.2 Å². The molecule has 1 amide bonds. The third-order valence-electron chi connectivity index (χ3n) is 4.99. The maximum Gasteiger partial charge on any atom is 0.253 e. The summed E-state index contributed by atoms with van der Waals surface area (Å²) in [4.78, 5) is 14.5. The Morgan fingerprint density at radius 2 is 1.79 bits per heavy atom. The molecule has 1 atom stereocenters. The molecule has 1 heterocycles. The topological polar surface area (TPSA) is 53.6 Å². The molecule has 1 aliphatic rings. The molecule has 0 aliphatic carbocycles. The number of carbonyl (C=O) groups is 1. The first-order chi connectivity index (χ1) is 14.0. The predicted molar refractivity (Wildman–Crippen MR) is 122 cm³/mol. The normalized spacial score (nSPS) is 14.8. The third kappa shape index (κ3) is 6.19. The maximum atomic E-state index is 12.5. The van der Waals surface area contributed by atoms with Crippen LogP contribution in [0, 0.1) is 6.92 Å². The Morgan fingerprint density at radius 1 is 1.10 bits per heavy atom. The van der Waals surface area contributed by atoms with E-state index in [0.29, 0.717) is 11.7 Å². The first-order valence-electron chi connectivity index (χ1n) is 10.2. The van der Waals surface area contributed by atoms with Crippen LogP contribution in [-0.4, -0.2) is 41.7 Å². The predicted octanol–water partition coefficient (Wildman–Crippen LogP) is 4.38. The lowest BCUT2D eigenvalue weighted by Gasteiger charge is -2.26. The SMILES string of the molecule is Cc1ccccc1OCC(C)NC(=S)Nc1ccc(C(=O)N2CCCCC2)cc1. The Morgan fingerprint density at radius 3 is 2.48 bits per heavy atom. The summed E-state index contributed by atoms with van der Waals surface area (Å²) in [6.07, 6.45) is 3.40. The van der Waals surface area contributed by atoms with Gasteiger partial charge in [-0.2, -0.15) is 0 Å². The van der Waals surface area contributed by atoms with Gasteiger partial charge in [0.25, 0.3) is 5.91 Å². The minimum atomic E-state index is 0.0505. The summed E-state index contributed by atoms with van der Waals surface area (Å²) in [5, 5.41) is 6.92. The van der Waals surface area contributed by atoms with E-state index in [-0.39, 0.29) is 11.9 Å². The number of amides is 1. The quantitative estimate of drug-likeness (QED) is 0.691. The van der Waals surface area contributed by atoms with Crippen LogP contribution in [0.4, 0.5) is 5.69 Å². The van der Waals surface area contributed by atoms with Gasteiger partial charge >= 0.3 is 0 Å². The highest BCUT2D eigenvalue weighted by Gasteiger charge is 2.18. The Bertz CT molecular complexity index is 832. The van der Waals surface area contributed by atoms with Crippen molar-refractivity contribution in [3.05, 3.63) is 59.7 Å². The lowest BCUT2D eigenvalue weighted by Crippen LogP contribution is -2.39. The fraction of sp³-hybridized carbons (Fsp3) is 0.391. The number of likely N-dealkylation sites (tertiary alicyclic amines) is 1. The molecule has 0 bridgehead atoms. The summed E-state index contributed by atoms with van der Waals surface area (Å²) in [5.74, 6) is 0.993. The number of nitrogens with one attached hydrogen (secondary N) is 2. The molecule has 0 saturated carbocycles. The molecule has 5 nitrogen and oxygen atoms in total. The van der Waals surface area contributed by atoms with Gasteiger partial charge in [-0.25, -0.2) is 0 Å². The second kappa shape index (κ2) is 10.3. The lowest BCUT2D eigenvalue weighted by atomic mass is 10.1. The molecule has 154 valence electrons. The Kier molecular flexibility index (Phi) is 7.47.